The fourth-order valence-electron chi connectivity index (χ4n) is 3.53. The first-order valence-corrected chi connectivity index (χ1v) is 9.53. The number of hydrogen-bond donors (Lipinski definition) is 0. The third-order valence-electron chi connectivity index (χ3n) is 4.84. The zero-order chi connectivity index (χ0) is 17.4. The van der Waals surface area contributed by atoms with Gasteiger partial charge in [0, 0.05) is 15.2 Å². The van der Waals surface area contributed by atoms with Gasteiger partial charge in [0.05, 0.1) is 0 Å². The van der Waals surface area contributed by atoms with E-state index < -0.39 is 0 Å². The molecule has 1 aliphatic rings. The summed E-state index contributed by atoms with van der Waals surface area (Å²) in [6.07, 6.45) is 2.42. The van der Waals surface area contributed by atoms with Crippen molar-refractivity contribution in [3.8, 4) is 0 Å². The first kappa shape index (κ1) is 16.2. The number of allylic oxidation sites excluding steroid dienone is 1. The van der Waals surface area contributed by atoms with E-state index in [1.807, 2.05) is 11.8 Å². The molecule has 124 valence electrons. The van der Waals surface area contributed by atoms with Crippen molar-refractivity contribution in [3.63, 3.8) is 0 Å². The van der Waals surface area contributed by atoms with Crippen molar-refractivity contribution < 1.29 is 0 Å². The number of aryl methyl sites for hydroxylation is 1. The van der Waals surface area contributed by atoms with Crippen molar-refractivity contribution in [2.45, 2.75) is 36.0 Å². The summed E-state index contributed by atoms with van der Waals surface area (Å²) in [6, 6.07) is 26.3. The van der Waals surface area contributed by atoms with Crippen LogP contribution in [0.15, 0.2) is 88.7 Å². The topological polar surface area (TPSA) is 0 Å². The lowest BCUT2D eigenvalue weighted by Gasteiger charge is -2.16. The van der Waals surface area contributed by atoms with Gasteiger partial charge in [-0.15, -0.1) is 0 Å². The molecule has 3 aromatic rings. The maximum absolute atomic E-state index is 2.42. The third-order valence-corrected chi connectivity index (χ3v) is 5.93. The monoisotopic (exact) mass is 342 g/mol. The highest BCUT2D eigenvalue weighted by molar-refractivity contribution is 7.99. The van der Waals surface area contributed by atoms with Crippen LogP contribution in [0.1, 0.15) is 36.1 Å². The van der Waals surface area contributed by atoms with Crippen molar-refractivity contribution in [3.05, 3.63) is 101 Å². The van der Waals surface area contributed by atoms with Crippen LogP contribution >= 0.6 is 11.8 Å². The Hall–Kier alpha value is -2.25. The highest BCUT2D eigenvalue weighted by Crippen LogP contribution is 2.45. The summed E-state index contributed by atoms with van der Waals surface area (Å²) in [5.41, 5.74) is 6.84. The van der Waals surface area contributed by atoms with Gasteiger partial charge >= 0.3 is 0 Å². The predicted molar refractivity (Wildman–Crippen MR) is 108 cm³/mol. The quantitative estimate of drug-likeness (QED) is 0.500. The second-order valence-corrected chi connectivity index (χ2v) is 8.35. The Kier molecular flexibility index (Phi) is 4.05. The standard InChI is InChI=1S/C24H22S/c1-17-12-14-18(15-13-17)25-23-11-7-5-9-20(23)21-16-24(2,3)22-10-6-4-8-19(21)22/h4-16H,1-3H3. The summed E-state index contributed by atoms with van der Waals surface area (Å²) in [6.45, 7) is 6.73. The Morgan fingerprint density at radius 2 is 1.36 bits per heavy atom. The lowest BCUT2D eigenvalue weighted by atomic mass is 9.87. The lowest BCUT2D eigenvalue weighted by Crippen LogP contribution is -2.10. The van der Waals surface area contributed by atoms with Crippen LogP contribution in [-0.4, -0.2) is 0 Å². The summed E-state index contributed by atoms with van der Waals surface area (Å²) in [5, 5.41) is 0. The van der Waals surface area contributed by atoms with E-state index in [9.17, 15) is 0 Å². The first-order valence-electron chi connectivity index (χ1n) is 8.71. The number of benzene rings is 3. The van der Waals surface area contributed by atoms with Gasteiger partial charge in [-0.3, -0.25) is 0 Å². The average Bonchev–Trinajstić information content (AvgIpc) is 2.89. The van der Waals surface area contributed by atoms with E-state index in [0.717, 1.165) is 0 Å². The molecule has 0 bridgehead atoms. The van der Waals surface area contributed by atoms with Gasteiger partial charge < -0.3 is 0 Å². The largest absolute Gasteiger partial charge is 0.0895 e. The maximum atomic E-state index is 2.42. The van der Waals surface area contributed by atoms with Crippen molar-refractivity contribution in [2.75, 3.05) is 0 Å². The van der Waals surface area contributed by atoms with Gasteiger partial charge in [-0.2, -0.15) is 0 Å². The second-order valence-electron chi connectivity index (χ2n) is 7.24. The van der Waals surface area contributed by atoms with Crippen molar-refractivity contribution in [1.29, 1.82) is 0 Å². The Morgan fingerprint density at radius 1 is 0.720 bits per heavy atom. The van der Waals surface area contributed by atoms with Gasteiger partial charge in [-0.1, -0.05) is 91.8 Å². The SMILES string of the molecule is Cc1ccc(Sc2ccccc2C2=CC(C)(C)c3ccccc32)cc1. The molecule has 0 saturated carbocycles. The highest BCUT2D eigenvalue weighted by Gasteiger charge is 2.30. The van der Waals surface area contributed by atoms with Crippen LogP contribution in [0.4, 0.5) is 0 Å². The van der Waals surface area contributed by atoms with E-state index >= 15 is 0 Å². The Morgan fingerprint density at radius 3 is 2.12 bits per heavy atom. The summed E-state index contributed by atoms with van der Waals surface area (Å²) < 4.78 is 0. The Labute approximate surface area is 154 Å². The zero-order valence-corrected chi connectivity index (χ0v) is 15.7. The van der Waals surface area contributed by atoms with E-state index in [4.69, 9.17) is 0 Å². The molecule has 0 aliphatic heterocycles. The molecule has 3 aromatic carbocycles. The van der Waals surface area contributed by atoms with Crippen molar-refractivity contribution in [1.82, 2.24) is 0 Å². The molecule has 0 heterocycles. The molecule has 25 heavy (non-hydrogen) atoms. The van der Waals surface area contributed by atoms with E-state index in [-0.39, 0.29) is 5.41 Å². The van der Waals surface area contributed by atoms with Crippen molar-refractivity contribution >= 4 is 17.3 Å². The van der Waals surface area contributed by atoms with Gasteiger partial charge in [0.1, 0.15) is 0 Å². The van der Waals surface area contributed by atoms with Crippen LogP contribution in [0.2, 0.25) is 0 Å². The minimum absolute atomic E-state index is 0.0769. The molecular weight excluding hydrogens is 320 g/mol. The molecule has 0 fully saturated rings. The molecule has 0 amide bonds. The Bertz CT molecular complexity index is 946. The number of rotatable bonds is 3. The van der Waals surface area contributed by atoms with Gasteiger partial charge in [0.2, 0.25) is 0 Å². The fourth-order valence-corrected chi connectivity index (χ4v) is 4.49. The van der Waals surface area contributed by atoms with Crippen LogP contribution in [0.3, 0.4) is 0 Å². The molecule has 0 unspecified atom stereocenters. The van der Waals surface area contributed by atoms with E-state index in [1.54, 1.807) is 0 Å². The number of hydrogen-bond acceptors (Lipinski definition) is 1. The summed E-state index contributed by atoms with van der Waals surface area (Å²) in [4.78, 5) is 2.59. The molecule has 0 saturated heterocycles. The van der Waals surface area contributed by atoms with E-state index in [0.29, 0.717) is 0 Å². The fraction of sp³-hybridized carbons (Fsp3) is 0.167. The van der Waals surface area contributed by atoms with E-state index in [1.165, 1.54) is 37.6 Å². The van der Waals surface area contributed by atoms with Crippen LogP contribution in [0, 0.1) is 6.92 Å². The normalized spacial score (nSPS) is 14.9. The van der Waals surface area contributed by atoms with Crippen LogP contribution in [0.5, 0.6) is 0 Å². The third kappa shape index (κ3) is 3.05. The van der Waals surface area contributed by atoms with Crippen LogP contribution in [0.25, 0.3) is 5.57 Å². The zero-order valence-electron chi connectivity index (χ0n) is 14.9. The molecule has 0 nitrogen and oxygen atoms in total. The smallest absolute Gasteiger partial charge is 0.0200 e. The molecule has 0 spiro atoms. The number of fused-ring (bicyclic) bond motifs is 1. The van der Waals surface area contributed by atoms with Gasteiger partial charge in [0.25, 0.3) is 0 Å². The lowest BCUT2D eigenvalue weighted by molar-refractivity contribution is 0.683. The second kappa shape index (κ2) is 6.24. The molecule has 0 N–H and O–H groups in total. The van der Waals surface area contributed by atoms with Gasteiger partial charge in [-0.25, -0.2) is 0 Å². The molecule has 1 heteroatoms. The maximum Gasteiger partial charge on any atom is 0.0200 e. The van der Waals surface area contributed by atoms with Crippen LogP contribution in [-0.2, 0) is 5.41 Å². The summed E-state index contributed by atoms with van der Waals surface area (Å²) in [5.74, 6) is 0. The van der Waals surface area contributed by atoms with Crippen LogP contribution < -0.4 is 0 Å². The molecule has 1 aliphatic carbocycles. The predicted octanol–water partition coefficient (Wildman–Crippen LogP) is 6.87. The molecule has 0 atom stereocenters. The molecule has 0 radical (unpaired) electrons. The minimum atomic E-state index is 0.0769. The first-order chi connectivity index (χ1) is 12.0. The Balaban J connectivity index is 1.79. The van der Waals surface area contributed by atoms with Gasteiger partial charge in [-0.05, 0) is 47.4 Å². The summed E-state index contributed by atoms with van der Waals surface area (Å²) in [7, 11) is 0. The molecular formula is C24H22S. The molecule has 4 rings (SSSR count). The highest BCUT2D eigenvalue weighted by atomic mass is 32.2. The minimum Gasteiger partial charge on any atom is -0.0895 e. The van der Waals surface area contributed by atoms with Crippen molar-refractivity contribution in [2.24, 2.45) is 0 Å². The average molecular weight is 343 g/mol. The summed E-state index contributed by atoms with van der Waals surface area (Å²) >= 11 is 1.84. The molecule has 0 aromatic heterocycles. The van der Waals surface area contributed by atoms with Gasteiger partial charge in [0.15, 0.2) is 0 Å². The van der Waals surface area contributed by atoms with E-state index in [2.05, 4.69) is 99.6 Å².